The van der Waals surface area contributed by atoms with Crippen molar-refractivity contribution in [2.75, 3.05) is 6.61 Å². The van der Waals surface area contributed by atoms with Crippen LogP contribution in [0.5, 0.6) is 0 Å². The quantitative estimate of drug-likeness (QED) is 0.392. The third-order valence-corrected chi connectivity index (χ3v) is 8.85. The molecule has 0 aromatic rings. The van der Waals surface area contributed by atoms with E-state index in [-0.39, 0.29) is 58.2 Å². The van der Waals surface area contributed by atoms with E-state index in [0.717, 1.165) is 0 Å². The highest BCUT2D eigenvalue weighted by Gasteiger charge is 2.54. The maximum Gasteiger partial charge on any atom is 0.324 e. The van der Waals surface area contributed by atoms with E-state index >= 15 is 0 Å². The fourth-order valence-electron chi connectivity index (χ4n) is 5.94. The van der Waals surface area contributed by atoms with Crippen molar-refractivity contribution in [2.24, 2.45) is 39.4 Å². The van der Waals surface area contributed by atoms with E-state index in [9.17, 15) is 4.89 Å². The predicted molar refractivity (Wildman–Crippen MR) is 144 cm³/mol. The third-order valence-electron chi connectivity index (χ3n) is 7.29. The fraction of sp³-hybridized carbons (Fsp3) is 1.00. The van der Waals surface area contributed by atoms with Crippen LogP contribution in [0.15, 0.2) is 0 Å². The van der Waals surface area contributed by atoms with Gasteiger partial charge in [-0.25, -0.2) is 0 Å². The summed E-state index contributed by atoms with van der Waals surface area (Å²) in [6, 6.07) is -0.926. The Kier molecular flexibility index (Phi) is 9.10. The molecule has 5 nitrogen and oxygen atoms in total. The van der Waals surface area contributed by atoms with Crippen LogP contribution in [0, 0.1) is 39.4 Å². The Balaban J connectivity index is 2.24. The molecule has 2 aliphatic heterocycles. The van der Waals surface area contributed by atoms with Crippen molar-refractivity contribution in [1.29, 1.82) is 0 Å². The summed E-state index contributed by atoms with van der Waals surface area (Å²) in [6.45, 7) is 22.1. The second kappa shape index (κ2) is 10.0. The van der Waals surface area contributed by atoms with Crippen LogP contribution < -0.4 is 0 Å². The largest absolute Gasteiger partial charge is 0.382 e. The summed E-state index contributed by atoms with van der Waals surface area (Å²) < 4.78 is 24.5. The second-order valence-electron chi connectivity index (χ2n) is 14.5. The highest BCUT2D eigenvalue weighted by atomic mass is 32.5. The molecule has 4 radical (unpaired) electrons. The van der Waals surface area contributed by atoms with Crippen molar-refractivity contribution in [1.82, 2.24) is 0 Å². The molecule has 2 rings (SSSR count). The Labute approximate surface area is 216 Å². The molecule has 34 heavy (non-hydrogen) atoms. The first-order valence-electron chi connectivity index (χ1n) is 12.4. The first-order valence-corrected chi connectivity index (χ1v) is 15.0. The lowest BCUT2D eigenvalue weighted by atomic mass is 9.59. The average Bonchev–Trinajstić information content (AvgIpc) is 3.08. The molecule has 2 fully saturated rings. The zero-order chi connectivity index (χ0) is 26.7. The van der Waals surface area contributed by atoms with E-state index < -0.39 is 24.8 Å². The molecule has 0 saturated carbocycles. The van der Waals surface area contributed by atoms with Gasteiger partial charge in [0, 0.05) is 17.9 Å². The Morgan fingerprint density at radius 1 is 0.735 bits per heavy atom. The van der Waals surface area contributed by atoms with E-state index in [1.54, 1.807) is 0 Å². The second-order valence-corrected chi connectivity index (χ2v) is 17.3. The molecule has 9 heteroatoms. The maximum atomic E-state index is 11.2. The van der Waals surface area contributed by atoms with Crippen molar-refractivity contribution in [3.8, 4) is 0 Å². The van der Waals surface area contributed by atoms with Gasteiger partial charge in [-0.2, -0.15) is 0 Å². The summed E-state index contributed by atoms with van der Waals surface area (Å²) in [4.78, 5) is 11.2. The fourth-order valence-corrected chi connectivity index (χ4v) is 7.37. The summed E-state index contributed by atoms with van der Waals surface area (Å²) in [6.07, 6.45) is -1.11. The van der Waals surface area contributed by atoms with Crippen LogP contribution in [0.3, 0.4) is 0 Å². The minimum absolute atomic E-state index is 0.0425. The Hall–Kier alpha value is 0.580. The van der Waals surface area contributed by atoms with Gasteiger partial charge in [-0.15, -0.1) is 0 Å². The summed E-state index contributed by atoms with van der Waals surface area (Å²) >= 11 is 5.51. The van der Waals surface area contributed by atoms with Crippen LogP contribution in [0.2, 0.25) is 0 Å². The number of hydrogen-bond acceptors (Lipinski definition) is 5. The predicted octanol–water partition coefficient (Wildman–Crippen LogP) is 5.42. The Morgan fingerprint density at radius 3 is 1.59 bits per heavy atom. The number of ether oxygens (including phenoxy) is 2. The molecule has 0 aromatic carbocycles. The molecule has 0 spiro atoms. The minimum atomic E-state index is -3.62. The van der Waals surface area contributed by atoms with Crippen LogP contribution in [0.25, 0.3) is 0 Å². The number of rotatable bonds is 5. The summed E-state index contributed by atoms with van der Waals surface area (Å²) in [5.74, 6) is 0.110. The van der Waals surface area contributed by atoms with Crippen LogP contribution in [0.4, 0.5) is 0 Å². The third kappa shape index (κ3) is 7.11. The van der Waals surface area contributed by atoms with Gasteiger partial charge in [0.1, 0.15) is 15.7 Å². The van der Waals surface area contributed by atoms with Gasteiger partial charge in [0.15, 0.2) is 0 Å². The molecule has 2 heterocycles. The smallest absolute Gasteiger partial charge is 0.324 e. The van der Waals surface area contributed by atoms with E-state index in [4.69, 9.17) is 46.0 Å². The van der Waals surface area contributed by atoms with E-state index in [1.165, 1.54) is 0 Å². The molecule has 0 aliphatic carbocycles. The van der Waals surface area contributed by atoms with Gasteiger partial charge in [0.05, 0.1) is 24.9 Å². The Bertz CT molecular complexity index is 752. The van der Waals surface area contributed by atoms with Crippen LogP contribution >= 0.6 is 6.72 Å². The lowest BCUT2D eigenvalue weighted by Gasteiger charge is -2.42. The summed E-state index contributed by atoms with van der Waals surface area (Å²) in [7, 11) is 12.8. The van der Waals surface area contributed by atoms with Gasteiger partial charge in [0.2, 0.25) is 0 Å². The van der Waals surface area contributed by atoms with Gasteiger partial charge in [0.25, 0.3) is 0 Å². The van der Waals surface area contributed by atoms with Gasteiger partial charge in [-0.05, 0) is 45.3 Å². The standard InChI is InChI=1S/C25H47B2O5PS/c1-22(2,3)15-14(30-20(26)16(15)23(4,5)6)13-29-33(28,34)32-18-17(24(7,8)9)21(27)31-19(18)25(10,11)12/h14-21H,13H2,1-12H3,(H,28,34)/t14-,15+,16?,17?,18-,19+,20-,21-,33?/m1/s1. The minimum Gasteiger partial charge on any atom is -0.382 e. The molecule has 0 amide bonds. The van der Waals surface area contributed by atoms with Crippen molar-refractivity contribution in [3.63, 3.8) is 0 Å². The molecule has 2 aliphatic rings. The van der Waals surface area contributed by atoms with Crippen molar-refractivity contribution in [2.45, 2.75) is 113 Å². The normalized spacial score (nSPS) is 37.7. The average molecular weight is 512 g/mol. The van der Waals surface area contributed by atoms with Crippen molar-refractivity contribution < 1.29 is 23.4 Å². The Morgan fingerprint density at radius 2 is 1.18 bits per heavy atom. The first kappa shape index (κ1) is 30.8. The first-order chi connectivity index (χ1) is 15.0. The van der Waals surface area contributed by atoms with Crippen LogP contribution in [-0.2, 0) is 30.3 Å². The molecule has 9 atom stereocenters. The van der Waals surface area contributed by atoms with E-state index in [0.29, 0.717) is 0 Å². The number of hydrogen-bond donors (Lipinski definition) is 1. The highest BCUT2D eigenvalue weighted by Crippen LogP contribution is 2.56. The zero-order valence-electron chi connectivity index (χ0n) is 23.4. The van der Waals surface area contributed by atoms with Crippen molar-refractivity contribution >= 4 is 34.2 Å². The highest BCUT2D eigenvalue weighted by molar-refractivity contribution is 8.07. The van der Waals surface area contributed by atoms with Gasteiger partial charge in [-0.1, -0.05) is 83.1 Å². The monoisotopic (exact) mass is 512 g/mol. The van der Waals surface area contributed by atoms with Crippen LogP contribution in [0.1, 0.15) is 83.1 Å². The summed E-state index contributed by atoms with van der Waals surface area (Å²) in [5.41, 5.74) is -0.576. The topological polar surface area (TPSA) is 57.2 Å². The SMILES string of the molecule is [B][C@@H]1O[C@H](C(C)(C)C)[C@H](OP(O)(=S)OC[C@H]2O[C@@H]([B])C(C(C)(C)C)[C@H]2C(C)(C)C)C1C(C)(C)C. The zero-order valence-corrected chi connectivity index (χ0v) is 25.1. The lowest BCUT2D eigenvalue weighted by Crippen LogP contribution is -2.43. The molecule has 194 valence electrons. The van der Waals surface area contributed by atoms with Gasteiger partial charge < -0.3 is 23.4 Å². The molecule has 0 aromatic heterocycles. The molecule has 2 saturated heterocycles. The summed E-state index contributed by atoms with van der Waals surface area (Å²) in [5, 5.41) is 0. The van der Waals surface area contributed by atoms with E-state index in [2.05, 4.69) is 83.1 Å². The molecule has 3 unspecified atom stereocenters. The maximum absolute atomic E-state index is 11.2. The van der Waals surface area contributed by atoms with Crippen molar-refractivity contribution in [3.05, 3.63) is 0 Å². The lowest BCUT2D eigenvalue weighted by molar-refractivity contribution is -0.0390. The molecule has 0 bridgehead atoms. The van der Waals surface area contributed by atoms with Gasteiger partial charge >= 0.3 is 6.72 Å². The van der Waals surface area contributed by atoms with E-state index in [1.807, 2.05) is 0 Å². The molecular weight excluding hydrogens is 465 g/mol. The molecular formula is C25H47B2O5PS. The molecule has 1 N–H and O–H groups in total. The van der Waals surface area contributed by atoms with Crippen LogP contribution in [-0.4, -0.2) is 57.5 Å². The van der Waals surface area contributed by atoms with Gasteiger partial charge in [-0.3, -0.25) is 0 Å².